The first-order chi connectivity index (χ1) is 8.06. The molecule has 1 fully saturated rings. The van der Waals surface area contributed by atoms with E-state index in [9.17, 15) is 13.6 Å². The molecule has 5 heteroatoms. The van der Waals surface area contributed by atoms with E-state index in [1.807, 2.05) is 4.90 Å². The SMILES string of the molecule is N[C@@H]1CCN(CC(=O)c2ccc(F)cc2F)C1. The zero-order chi connectivity index (χ0) is 12.4. The van der Waals surface area contributed by atoms with Gasteiger partial charge >= 0.3 is 0 Å². The van der Waals surface area contributed by atoms with Crippen molar-refractivity contribution in [3.05, 3.63) is 35.4 Å². The zero-order valence-electron chi connectivity index (χ0n) is 9.33. The minimum absolute atomic E-state index is 0.0631. The number of halogens is 2. The number of likely N-dealkylation sites (tertiary alicyclic amines) is 1. The summed E-state index contributed by atoms with van der Waals surface area (Å²) < 4.78 is 26.0. The Balaban J connectivity index is 2.04. The molecule has 1 saturated heterocycles. The largest absolute Gasteiger partial charge is 0.326 e. The van der Waals surface area contributed by atoms with Crippen molar-refractivity contribution in [2.45, 2.75) is 12.5 Å². The molecule has 0 bridgehead atoms. The predicted octanol–water partition coefficient (Wildman–Crippen LogP) is 1.18. The molecule has 0 radical (unpaired) electrons. The number of carbonyl (C=O) groups excluding carboxylic acids is 1. The molecule has 0 spiro atoms. The Morgan fingerprint density at radius 2 is 2.24 bits per heavy atom. The van der Waals surface area contributed by atoms with E-state index in [2.05, 4.69) is 0 Å². The summed E-state index contributed by atoms with van der Waals surface area (Å²) in [6, 6.07) is 3.08. The second-order valence-electron chi connectivity index (χ2n) is 4.33. The average Bonchev–Trinajstić information content (AvgIpc) is 2.63. The number of nitrogens with zero attached hydrogens (tertiary/aromatic N) is 1. The first-order valence-electron chi connectivity index (χ1n) is 5.52. The molecule has 0 amide bonds. The Morgan fingerprint density at radius 3 is 2.82 bits per heavy atom. The van der Waals surface area contributed by atoms with Gasteiger partial charge in [-0.25, -0.2) is 8.78 Å². The number of hydrogen-bond donors (Lipinski definition) is 1. The highest BCUT2D eigenvalue weighted by atomic mass is 19.1. The highest BCUT2D eigenvalue weighted by Gasteiger charge is 2.22. The van der Waals surface area contributed by atoms with Crippen LogP contribution in [0.5, 0.6) is 0 Å². The maximum absolute atomic E-state index is 13.3. The summed E-state index contributed by atoms with van der Waals surface area (Å²) in [5.74, 6) is -1.82. The van der Waals surface area contributed by atoms with Gasteiger partial charge in [0.25, 0.3) is 0 Å². The summed E-state index contributed by atoms with van der Waals surface area (Å²) in [6.07, 6.45) is 0.846. The topological polar surface area (TPSA) is 46.3 Å². The van der Waals surface area contributed by atoms with Gasteiger partial charge in [-0.3, -0.25) is 9.69 Å². The van der Waals surface area contributed by atoms with Crippen LogP contribution in [-0.2, 0) is 0 Å². The Kier molecular flexibility index (Phi) is 3.49. The van der Waals surface area contributed by atoms with Gasteiger partial charge in [-0.15, -0.1) is 0 Å². The van der Waals surface area contributed by atoms with Crippen molar-refractivity contribution < 1.29 is 13.6 Å². The van der Waals surface area contributed by atoms with E-state index in [4.69, 9.17) is 5.73 Å². The number of rotatable bonds is 3. The number of ketones is 1. The monoisotopic (exact) mass is 240 g/mol. The summed E-state index contributed by atoms with van der Waals surface area (Å²) >= 11 is 0. The zero-order valence-corrected chi connectivity index (χ0v) is 9.33. The van der Waals surface area contributed by atoms with Gasteiger partial charge in [0.2, 0.25) is 0 Å². The quantitative estimate of drug-likeness (QED) is 0.807. The number of carbonyl (C=O) groups is 1. The van der Waals surface area contributed by atoms with Crippen molar-refractivity contribution in [3.8, 4) is 0 Å². The van der Waals surface area contributed by atoms with Gasteiger partial charge in [0.05, 0.1) is 12.1 Å². The van der Waals surface area contributed by atoms with E-state index in [1.54, 1.807) is 0 Å². The lowest BCUT2D eigenvalue weighted by molar-refractivity contribution is 0.0940. The third-order valence-corrected chi connectivity index (χ3v) is 2.91. The molecule has 1 atom stereocenters. The van der Waals surface area contributed by atoms with E-state index in [-0.39, 0.29) is 23.9 Å². The van der Waals surface area contributed by atoms with Crippen LogP contribution in [0.25, 0.3) is 0 Å². The lowest BCUT2D eigenvalue weighted by Gasteiger charge is -2.14. The molecule has 0 saturated carbocycles. The molecule has 3 nitrogen and oxygen atoms in total. The summed E-state index contributed by atoms with van der Waals surface area (Å²) in [6.45, 7) is 1.53. The van der Waals surface area contributed by atoms with Crippen LogP contribution in [0, 0.1) is 11.6 Å². The standard InChI is InChI=1S/C12H14F2N2O/c13-8-1-2-10(11(14)5-8)12(17)7-16-4-3-9(15)6-16/h1-2,5,9H,3-4,6-7,15H2/t9-/m1/s1. The molecule has 0 aliphatic carbocycles. The fraction of sp³-hybridized carbons (Fsp3) is 0.417. The van der Waals surface area contributed by atoms with Crippen LogP contribution < -0.4 is 5.73 Å². The van der Waals surface area contributed by atoms with E-state index in [0.29, 0.717) is 6.54 Å². The maximum Gasteiger partial charge on any atom is 0.179 e. The van der Waals surface area contributed by atoms with Crippen LogP contribution in [0.1, 0.15) is 16.8 Å². The van der Waals surface area contributed by atoms with Crippen molar-refractivity contribution >= 4 is 5.78 Å². The van der Waals surface area contributed by atoms with E-state index in [1.165, 1.54) is 6.07 Å². The fourth-order valence-corrected chi connectivity index (χ4v) is 2.01. The molecule has 1 aromatic rings. The van der Waals surface area contributed by atoms with Crippen molar-refractivity contribution in [3.63, 3.8) is 0 Å². The third kappa shape index (κ3) is 2.87. The van der Waals surface area contributed by atoms with Gasteiger partial charge in [0, 0.05) is 25.2 Å². The van der Waals surface area contributed by atoms with Crippen molar-refractivity contribution in [2.75, 3.05) is 19.6 Å². The summed E-state index contributed by atoms with van der Waals surface area (Å²) in [5.41, 5.74) is 5.65. The van der Waals surface area contributed by atoms with Crippen LogP contribution in [-0.4, -0.2) is 36.4 Å². The minimum Gasteiger partial charge on any atom is -0.326 e. The number of nitrogens with two attached hydrogens (primary N) is 1. The van der Waals surface area contributed by atoms with Crippen LogP contribution in [0.4, 0.5) is 8.78 Å². The number of Topliss-reactive ketones (excluding diaryl/α,β-unsaturated/α-hetero) is 1. The normalized spacial score (nSPS) is 20.8. The summed E-state index contributed by atoms with van der Waals surface area (Å²) in [4.78, 5) is 13.7. The Hall–Kier alpha value is -1.33. The minimum atomic E-state index is -0.807. The van der Waals surface area contributed by atoms with Crippen molar-refractivity contribution in [1.29, 1.82) is 0 Å². The van der Waals surface area contributed by atoms with Crippen LogP contribution in [0.3, 0.4) is 0 Å². The lowest BCUT2D eigenvalue weighted by atomic mass is 10.1. The smallest absolute Gasteiger partial charge is 0.179 e. The van der Waals surface area contributed by atoms with Gasteiger partial charge < -0.3 is 5.73 Å². The molecule has 0 aromatic heterocycles. The van der Waals surface area contributed by atoms with Crippen LogP contribution in [0.15, 0.2) is 18.2 Å². The molecule has 1 aliphatic rings. The number of benzene rings is 1. The molecule has 2 N–H and O–H groups in total. The van der Waals surface area contributed by atoms with E-state index < -0.39 is 11.6 Å². The van der Waals surface area contributed by atoms with Crippen molar-refractivity contribution in [1.82, 2.24) is 4.90 Å². The molecule has 2 rings (SSSR count). The molecule has 92 valence electrons. The molecule has 1 aromatic carbocycles. The Bertz CT molecular complexity index is 437. The first-order valence-corrected chi connectivity index (χ1v) is 5.52. The van der Waals surface area contributed by atoms with Crippen LogP contribution >= 0.6 is 0 Å². The van der Waals surface area contributed by atoms with Gasteiger partial charge in [0.15, 0.2) is 5.78 Å². The van der Waals surface area contributed by atoms with E-state index in [0.717, 1.165) is 25.1 Å². The Labute approximate surface area is 98.2 Å². The summed E-state index contributed by atoms with van der Waals surface area (Å²) in [7, 11) is 0. The first kappa shape index (κ1) is 12.1. The molecule has 0 unspecified atom stereocenters. The number of hydrogen-bond acceptors (Lipinski definition) is 3. The molecule has 1 heterocycles. The molecular formula is C12H14F2N2O. The van der Waals surface area contributed by atoms with E-state index >= 15 is 0 Å². The molecular weight excluding hydrogens is 226 g/mol. The summed E-state index contributed by atoms with van der Waals surface area (Å²) in [5, 5.41) is 0. The average molecular weight is 240 g/mol. The highest BCUT2D eigenvalue weighted by molar-refractivity contribution is 5.97. The lowest BCUT2D eigenvalue weighted by Crippen LogP contribution is -2.31. The Morgan fingerprint density at radius 1 is 1.47 bits per heavy atom. The van der Waals surface area contributed by atoms with Crippen LogP contribution in [0.2, 0.25) is 0 Å². The molecule has 17 heavy (non-hydrogen) atoms. The van der Waals surface area contributed by atoms with Gasteiger partial charge in [-0.1, -0.05) is 0 Å². The second-order valence-corrected chi connectivity index (χ2v) is 4.33. The van der Waals surface area contributed by atoms with Gasteiger partial charge in [-0.2, -0.15) is 0 Å². The van der Waals surface area contributed by atoms with Gasteiger partial charge in [0.1, 0.15) is 11.6 Å². The van der Waals surface area contributed by atoms with Crippen molar-refractivity contribution in [2.24, 2.45) is 5.73 Å². The van der Waals surface area contributed by atoms with Gasteiger partial charge in [-0.05, 0) is 18.6 Å². The third-order valence-electron chi connectivity index (χ3n) is 2.91. The molecule has 1 aliphatic heterocycles. The highest BCUT2D eigenvalue weighted by Crippen LogP contribution is 2.13. The second kappa shape index (κ2) is 4.89. The predicted molar refractivity (Wildman–Crippen MR) is 59.7 cm³/mol. The maximum atomic E-state index is 13.3. The fourth-order valence-electron chi connectivity index (χ4n) is 2.01.